The van der Waals surface area contributed by atoms with Crippen molar-refractivity contribution >= 4 is 47.6 Å². The molecular weight excluding hydrogens is 526 g/mol. The summed E-state index contributed by atoms with van der Waals surface area (Å²) >= 11 is 1.71. The molecule has 0 saturated heterocycles. The van der Waals surface area contributed by atoms with Gasteiger partial charge < -0.3 is 15.5 Å². The average Bonchev–Trinajstić information content (AvgIpc) is 3.20. The second-order valence-electron chi connectivity index (χ2n) is 7.20. The lowest BCUT2D eigenvalue weighted by Gasteiger charge is -2.16. The second-order valence-corrected chi connectivity index (χ2v) is 8.37. The monoisotopic (exact) mass is 556 g/mol. The highest BCUT2D eigenvalue weighted by molar-refractivity contribution is 14.0. The SMILES string of the molecule is CN=C(NCCCSc1ccc(F)cc1)NCCCC(=O)N1Cc2ccccc2C1.I. The highest BCUT2D eigenvalue weighted by Crippen LogP contribution is 2.23. The number of guanidine groups is 1. The Kier molecular flexibility index (Phi) is 11.1. The minimum absolute atomic E-state index is 0. The fourth-order valence-corrected chi connectivity index (χ4v) is 4.19. The number of halogens is 2. The van der Waals surface area contributed by atoms with Gasteiger partial charge >= 0.3 is 0 Å². The number of rotatable bonds is 9. The van der Waals surface area contributed by atoms with Gasteiger partial charge in [0.05, 0.1) is 0 Å². The van der Waals surface area contributed by atoms with Gasteiger partial charge in [-0.15, -0.1) is 35.7 Å². The van der Waals surface area contributed by atoms with Crippen LogP contribution in [-0.4, -0.2) is 42.7 Å². The van der Waals surface area contributed by atoms with E-state index in [1.54, 1.807) is 30.9 Å². The molecule has 0 aromatic heterocycles. The number of carbonyl (C=O) groups is 1. The van der Waals surface area contributed by atoms with Crippen LogP contribution in [0.4, 0.5) is 4.39 Å². The second kappa shape index (κ2) is 13.6. The molecule has 0 radical (unpaired) electrons. The van der Waals surface area contributed by atoms with E-state index in [1.165, 1.54) is 23.3 Å². The van der Waals surface area contributed by atoms with Gasteiger partial charge in [-0.05, 0) is 54.0 Å². The van der Waals surface area contributed by atoms with Crippen LogP contribution < -0.4 is 10.6 Å². The van der Waals surface area contributed by atoms with Crippen molar-refractivity contribution in [2.24, 2.45) is 4.99 Å². The molecule has 5 nitrogen and oxygen atoms in total. The highest BCUT2D eigenvalue weighted by atomic mass is 127. The zero-order chi connectivity index (χ0) is 21.2. The van der Waals surface area contributed by atoms with E-state index in [9.17, 15) is 9.18 Å². The Morgan fingerprint density at radius 3 is 2.26 bits per heavy atom. The van der Waals surface area contributed by atoms with Crippen LogP contribution in [0, 0.1) is 5.82 Å². The number of hydrogen-bond donors (Lipinski definition) is 2. The molecule has 3 rings (SSSR count). The van der Waals surface area contributed by atoms with Crippen LogP contribution >= 0.6 is 35.7 Å². The molecule has 1 heterocycles. The van der Waals surface area contributed by atoms with Crippen LogP contribution in [0.15, 0.2) is 58.4 Å². The number of benzene rings is 2. The number of nitrogens with one attached hydrogen (secondary N) is 2. The third kappa shape index (κ3) is 8.33. The van der Waals surface area contributed by atoms with E-state index in [-0.39, 0.29) is 35.7 Å². The van der Waals surface area contributed by atoms with Gasteiger partial charge in [0.15, 0.2) is 5.96 Å². The van der Waals surface area contributed by atoms with Gasteiger partial charge in [-0.2, -0.15) is 0 Å². The molecule has 0 atom stereocenters. The van der Waals surface area contributed by atoms with Gasteiger partial charge in [0.2, 0.25) is 5.91 Å². The summed E-state index contributed by atoms with van der Waals surface area (Å²) in [6.45, 7) is 2.96. The minimum Gasteiger partial charge on any atom is -0.356 e. The molecular formula is C23H30FIN4OS. The lowest BCUT2D eigenvalue weighted by Crippen LogP contribution is -2.38. The van der Waals surface area contributed by atoms with Crippen LogP contribution in [0.2, 0.25) is 0 Å². The van der Waals surface area contributed by atoms with Crippen LogP contribution in [0.3, 0.4) is 0 Å². The number of aliphatic imine (C=N–C) groups is 1. The summed E-state index contributed by atoms with van der Waals surface area (Å²) in [5.41, 5.74) is 2.51. The molecule has 0 aliphatic carbocycles. The number of carbonyl (C=O) groups excluding carboxylic acids is 1. The Morgan fingerprint density at radius 2 is 1.65 bits per heavy atom. The molecule has 1 aliphatic heterocycles. The van der Waals surface area contributed by atoms with Crippen LogP contribution in [0.25, 0.3) is 0 Å². The van der Waals surface area contributed by atoms with E-state index in [4.69, 9.17) is 0 Å². The fourth-order valence-electron chi connectivity index (χ4n) is 3.33. The van der Waals surface area contributed by atoms with E-state index in [0.29, 0.717) is 13.0 Å². The fraction of sp³-hybridized carbons (Fsp3) is 0.391. The van der Waals surface area contributed by atoms with Crippen molar-refractivity contribution < 1.29 is 9.18 Å². The molecule has 0 fully saturated rings. The van der Waals surface area contributed by atoms with E-state index < -0.39 is 0 Å². The van der Waals surface area contributed by atoms with Gasteiger partial charge in [-0.25, -0.2) is 4.39 Å². The molecule has 0 bridgehead atoms. The molecule has 0 unspecified atom stereocenters. The molecule has 2 aromatic carbocycles. The van der Waals surface area contributed by atoms with Gasteiger partial charge in [-0.3, -0.25) is 9.79 Å². The molecule has 2 aromatic rings. The zero-order valence-corrected chi connectivity index (χ0v) is 20.9. The third-order valence-electron chi connectivity index (χ3n) is 4.97. The van der Waals surface area contributed by atoms with Gasteiger partial charge in [-0.1, -0.05) is 24.3 Å². The molecule has 8 heteroatoms. The number of amides is 1. The smallest absolute Gasteiger partial charge is 0.223 e. The summed E-state index contributed by atoms with van der Waals surface area (Å²) in [6, 6.07) is 14.8. The topological polar surface area (TPSA) is 56.7 Å². The maximum absolute atomic E-state index is 12.9. The molecule has 1 amide bonds. The summed E-state index contributed by atoms with van der Waals surface area (Å²) in [5.74, 6) is 1.70. The Morgan fingerprint density at radius 1 is 1.03 bits per heavy atom. The van der Waals surface area contributed by atoms with Crippen molar-refractivity contribution in [1.82, 2.24) is 15.5 Å². The first-order valence-corrected chi connectivity index (χ1v) is 11.3. The van der Waals surface area contributed by atoms with Crippen LogP contribution in [0.5, 0.6) is 0 Å². The quantitative estimate of drug-likeness (QED) is 0.158. The van der Waals surface area contributed by atoms with Crippen molar-refractivity contribution in [3.05, 3.63) is 65.5 Å². The Balaban J connectivity index is 0.00000341. The predicted molar refractivity (Wildman–Crippen MR) is 136 cm³/mol. The maximum Gasteiger partial charge on any atom is 0.223 e. The van der Waals surface area contributed by atoms with Crippen LogP contribution in [-0.2, 0) is 17.9 Å². The number of thioether (sulfide) groups is 1. The highest BCUT2D eigenvalue weighted by Gasteiger charge is 2.22. The van der Waals surface area contributed by atoms with Crippen molar-refractivity contribution in [2.75, 3.05) is 25.9 Å². The molecule has 168 valence electrons. The molecule has 0 spiro atoms. The molecule has 0 saturated carbocycles. The van der Waals surface area contributed by atoms with Gasteiger partial charge in [0.25, 0.3) is 0 Å². The van der Waals surface area contributed by atoms with Crippen molar-refractivity contribution in [1.29, 1.82) is 0 Å². The van der Waals surface area contributed by atoms with E-state index in [2.05, 4.69) is 27.8 Å². The first-order chi connectivity index (χ1) is 14.7. The lowest BCUT2D eigenvalue weighted by molar-refractivity contribution is -0.131. The van der Waals surface area contributed by atoms with Crippen molar-refractivity contribution in [2.45, 2.75) is 37.2 Å². The van der Waals surface area contributed by atoms with E-state index in [1.807, 2.05) is 17.0 Å². The normalized spacial score (nSPS) is 12.8. The third-order valence-corrected chi connectivity index (χ3v) is 6.07. The van der Waals surface area contributed by atoms with Gasteiger partial charge in [0, 0.05) is 44.5 Å². The number of hydrogen-bond acceptors (Lipinski definition) is 3. The number of fused-ring (bicyclic) bond motifs is 1. The Bertz CT molecular complexity index is 838. The Hall–Kier alpha value is -1.81. The van der Waals surface area contributed by atoms with Crippen molar-refractivity contribution in [3.8, 4) is 0 Å². The van der Waals surface area contributed by atoms with Crippen LogP contribution in [0.1, 0.15) is 30.4 Å². The Labute approximate surface area is 205 Å². The van der Waals surface area contributed by atoms with Gasteiger partial charge in [0.1, 0.15) is 5.82 Å². The van der Waals surface area contributed by atoms with E-state index >= 15 is 0 Å². The number of nitrogens with zero attached hydrogens (tertiary/aromatic N) is 2. The first-order valence-electron chi connectivity index (χ1n) is 10.3. The van der Waals surface area contributed by atoms with E-state index in [0.717, 1.165) is 49.1 Å². The maximum atomic E-state index is 12.9. The largest absolute Gasteiger partial charge is 0.356 e. The summed E-state index contributed by atoms with van der Waals surface area (Å²) in [5, 5.41) is 6.56. The summed E-state index contributed by atoms with van der Waals surface area (Å²) in [6.07, 6.45) is 2.27. The molecule has 31 heavy (non-hydrogen) atoms. The standard InChI is InChI=1S/C23H29FN4OS.HI/c1-25-23(27-14-5-15-30-21-11-9-20(24)10-12-21)26-13-4-8-22(29)28-16-18-6-2-3-7-19(18)17-28;/h2-3,6-7,9-12H,4-5,8,13-17H2,1H3,(H2,25,26,27);1H. The minimum atomic E-state index is -0.205. The summed E-state index contributed by atoms with van der Waals surface area (Å²) in [4.78, 5) is 19.7. The molecule has 2 N–H and O–H groups in total. The summed E-state index contributed by atoms with van der Waals surface area (Å²) < 4.78 is 12.9. The molecule has 1 aliphatic rings. The lowest BCUT2D eigenvalue weighted by atomic mass is 10.1. The zero-order valence-electron chi connectivity index (χ0n) is 17.8. The summed E-state index contributed by atoms with van der Waals surface area (Å²) in [7, 11) is 1.75. The average molecular weight is 556 g/mol. The first kappa shape index (κ1) is 25.5. The predicted octanol–water partition coefficient (Wildman–Crippen LogP) is 4.41. The van der Waals surface area contributed by atoms with Crippen molar-refractivity contribution in [3.63, 3.8) is 0 Å².